The minimum atomic E-state index is -0.682. The second kappa shape index (κ2) is 11.3. The Bertz CT molecular complexity index is 173. The normalized spacial score (nSPS) is 11.0. The van der Waals surface area contributed by atoms with Crippen LogP contribution in [0.25, 0.3) is 0 Å². The number of hydrogen-bond acceptors (Lipinski definition) is 1. The van der Waals surface area contributed by atoms with Crippen molar-refractivity contribution in [1.29, 1.82) is 0 Å². The van der Waals surface area contributed by atoms with Crippen LogP contribution >= 0.6 is 0 Å². The van der Waals surface area contributed by atoms with Crippen molar-refractivity contribution < 1.29 is 9.90 Å². The molecular formula is C13H24O2. The van der Waals surface area contributed by atoms with E-state index in [1.54, 1.807) is 0 Å². The molecule has 0 saturated carbocycles. The van der Waals surface area contributed by atoms with Gasteiger partial charge in [-0.25, -0.2) is 0 Å². The Morgan fingerprint density at radius 3 is 2.13 bits per heavy atom. The fourth-order valence-corrected chi connectivity index (χ4v) is 1.46. The quantitative estimate of drug-likeness (QED) is 0.436. The summed E-state index contributed by atoms with van der Waals surface area (Å²) in [5.74, 6) is -0.682. The van der Waals surface area contributed by atoms with E-state index in [1.807, 2.05) is 0 Å². The summed E-state index contributed by atoms with van der Waals surface area (Å²) in [6, 6.07) is 0. The zero-order valence-electron chi connectivity index (χ0n) is 9.87. The summed E-state index contributed by atoms with van der Waals surface area (Å²) in [6.45, 7) is 2.22. The summed E-state index contributed by atoms with van der Waals surface area (Å²) in [5, 5.41) is 8.42. The van der Waals surface area contributed by atoms with Crippen molar-refractivity contribution in [2.75, 3.05) is 0 Å². The Morgan fingerprint density at radius 2 is 1.60 bits per heavy atom. The van der Waals surface area contributed by atoms with E-state index in [9.17, 15) is 4.79 Å². The average Bonchev–Trinajstić information content (AvgIpc) is 2.20. The van der Waals surface area contributed by atoms with Crippen LogP contribution in [0, 0.1) is 0 Å². The molecule has 0 radical (unpaired) electrons. The lowest BCUT2D eigenvalue weighted by atomic mass is 10.1. The first-order valence-corrected chi connectivity index (χ1v) is 6.14. The van der Waals surface area contributed by atoms with Gasteiger partial charge in [-0.2, -0.15) is 0 Å². The maximum absolute atomic E-state index is 10.2. The third-order valence-electron chi connectivity index (χ3n) is 2.40. The highest BCUT2D eigenvalue weighted by Gasteiger charge is 1.94. The van der Waals surface area contributed by atoms with Crippen LogP contribution in [-0.2, 0) is 4.79 Å². The third-order valence-corrected chi connectivity index (χ3v) is 2.40. The molecule has 0 rings (SSSR count). The number of unbranched alkanes of at least 4 members (excludes halogenated alkanes) is 6. The molecule has 0 aromatic rings. The second-order valence-corrected chi connectivity index (χ2v) is 3.96. The molecule has 0 bridgehead atoms. The molecular weight excluding hydrogens is 188 g/mol. The number of carboxylic acid groups (broad SMARTS) is 1. The Hall–Kier alpha value is -0.790. The fourth-order valence-electron chi connectivity index (χ4n) is 1.46. The van der Waals surface area contributed by atoms with Crippen molar-refractivity contribution in [3.05, 3.63) is 12.2 Å². The topological polar surface area (TPSA) is 37.3 Å². The third kappa shape index (κ3) is 13.2. The van der Waals surface area contributed by atoms with Crippen LogP contribution in [0.4, 0.5) is 0 Å². The highest BCUT2D eigenvalue weighted by Crippen LogP contribution is 2.05. The van der Waals surface area contributed by atoms with Crippen LogP contribution in [0.2, 0.25) is 0 Å². The van der Waals surface area contributed by atoms with E-state index >= 15 is 0 Å². The molecule has 0 aromatic carbocycles. The maximum Gasteiger partial charge on any atom is 0.303 e. The first-order valence-electron chi connectivity index (χ1n) is 6.14. The predicted octanol–water partition coefficient (Wildman–Crippen LogP) is 4.16. The van der Waals surface area contributed by atoms with E-state index in [4.69, 9.17) is 5.11 Å². The summed E-state index contributed by atoms with van der Waals surface area (Å²) in [4.78, 5) is 10.2. The minimum Gasteiger partial charge on any atom is -0.481 e. The number of aliphatic carboxylic acids is 1. The van der Waals surface area contributed by atoms with Crippen molar-refractivity contribution >= 4 is 5.97 Å². The van der Waals surface area contributed by atoms with E-state index in [2.05, 4.69) is 19.1 Å². The molecule has 0 aliphatic rings. The summed E-state index contributed by atoms with van der Waals surface area (Å²) >= 11 is 0. The summed E-state index contributed by atoms with van der Waals surface area (Å²) < 4.78 is 0. The van der Waals surface area contributed by atoms with Crippen molar-refractivity contribution in [1.82, 2.24) is 0 Å². The lowest BCUT2D eigenvalue weighted by Gasteiger charge is -1.95. The highest BCUT2D eigenvalue weighted by molar-refractivity contribution is 5.66. The molecule has 88 valence electrons. The maximum atomic E-state index is 10.2. The Labute approximate surface area is 93.4 Å². The van der Waals surface area contributed by atoms with Crippen LogP contribution in [0.5, 0.6) is 0 Å². The van der Waals surface area contributed by atoms with Gasteiger partial charge in [-0.3, -0.25) is 4.79 Å². The summed E-state index contributed by atoms with van der Waals surface area (Å²) in [5.41, 5.74) is 0. The van der Waals surface area contributed by atoms with Gasteiger partial charge in [-0.05, 0) is 32.1 Å². The molecule has 0 atom stereocenters. The average molecular weight is 212 g/mol. The molecule has 0 amide bonds. The van der Waals surface area contributed by atoms with E-state index in [0.29, 0.717) is 6.42 Å². The van der Waals surface area contributed by atoms with Gasteiger partial charge in [0.25, 0.3) is 0 Å². The van der Waals surface area contributed by atoms with Gasteiger partial charge >= 0.3 is 5.97 Å². The fraction of sp³-hybridized carbons (Fsp3) is 0.769. The van der Waals surface area contributed by atoms with Crippen LogP contribution in [-0.4, -0.2) is 11.1 Å². The molecule has 1 N–H and O–H groups in total. The molecule has 0 spiro atoms. The molecule has 2 heteroatoms. The van der Waals surface area contributed by atoms with Crippen LogP contribution in [0.15, 0.2) is 12.2 Å². The first kappa shape index (κ1) is 14.2. The smallest absolute Gasteiger partial charge is 0.303 e. The Balaban J connectivity index is 3.07. The number of allylic oxidation sites excluding steroid dienone is 2. The van der Waals surface area contributed by atoms with Crippen molar-refractivity contribution in [3.8, 4) is 0 Å². The minimum absolute atomic E-state index is 0.310. The lowest BCUT2D eigenvalue weighted by Crippen LogP contribution is -1.92. The van der Waals surface area contributed by atoms with Crippen molar-refractivity contribution in [3.63, 3.8) is 0 Å². The molecule has 0 aliphatic heterocycles. The van der Waals surface area contributed by atoms with Crippen LogP contribution in [0.3, 0.4) is 0 Å². The number of carbonyl (C=O) groups is 1. The van der Waals surface area contributed by atoms with Crippen LogP contribution in [0.1, 0.15) is 64.7 Å². The monoisotopic (exact) mass is 212 g/mol. The van der Waals surface area contributed by atoms with E-state index < -0.39 is 5.97 Å². The van der Waals surface area contributed by atoms with Gasteiger partial charge in [0, 0.05) is 6.42 Å². The molecule has 0 saturated heterocycles. The Kier molecular flexibility index (Phi) is 10.7. The van der Waals surface area contributed by atoms with Gasteiger partial charge in [-0.15, -0.1) is 0 Å². The SMILES string of the molecule is CCCCCC/C=C/CCCCC(=O)O. The standard InChI is InChI=1S/C13H24O2/c1-2-3-4-5-6-7-8-9-10-11-12-13(14)15/h7-8H,2-6,9-12H2,1H3,(H,14,15)/b8-7+. The van der Waals surface area contributed by atoms with Gasteiger partial charge in [0.05, 0.1) is 0 Å². The zero-order chi connectivity index (χ0) is 11.4. The predicted molar refractivity (Wildman–Crippen MR) is 64.0 cm³/mol. The first-order chi connectivity index (χ1) is 7.27. The van der Waals surface area contributed by atoms with Gasteiger partial charge in [0.1, 0.15) is 0 Å². The van der Waals surface area contributed by atoms with Gasteiger partial charge < -0.3 is 5.11 Å². The highest BCUT2D eigenvalue weighted by atomic mass is 16.4. The summed E-state index contributed by atoms with van der Waals surface area (Å²) in [7, 11) is 0. The van der Waals surface area contributed by atoms with Gasteiger partial charge in [0.15, 0.2) is 0 Å². The second-order valence-electron chi connectivity index (χ2n) is 3.96. The molecule has 2 nitrogen and oxygen atoms in total. The van der Waals surface area contributed by atoms with E-state index in [0.717, 1.165) is 19.3 Å². The number of rotatable bonds is 10. The Morgan fingerprint density at radius 1 is 1.00 bits per heavy atom. The number of hydrogen-bond donors (Lipinski definition) is 1. The molecule has 0 aliphatic carbocycles. The molecule has 0 unspecified atom stereocenters. The largest absolute Gasteiger partial charge is 0.481 e. The van der Waals surface area contributed by atoms with Gasteiger partial charge in [0.2, 0.25) is 0 Å². The molecule has 15 heavy (non-hydrogen) atoms. The van der Waals surface area contributed by atoms with Gasteiger partial charge in [-0.1, -0.05) is 38.3 Å². The zero-order valence-corrected chi connectivity index (χ0v) is 9.87. The molecule has 0 fully saturated rings. The van der Waals surface area contributed by atoms with E-state index in [1.165, 1.54) is 32.1 Å². The molecule has 0 aromatic heterocycles. The molecule has 0 heterocycles. The van der Waals surface area contributed by atoms with Crippen LogP contribution < -0.4 is 0 Å². The summed E-state index contributed by atoms with van der Waals surface area (Å²) in [6.07, 6.45) is 14.0. The van der Waals surface area contributed by atoms with Crippen molar-refractivity contribution in [2.45, 2.75) is 64.7 Å². The van der Waals surface area contributed by atoms with E-state index in [-0.39, 0.29) is 0 Å². The lowest BCUT2D eigenvalue weighted by molar-refractivity contribution is -0.137. The van der Waals surface area contributed by atoms with Crippen molar-refractivity contribution in [2.24, 2.45) is 0 Å². The number of carboxylic acids is 1.